The van der Waals surface area contributed by atoms with Gasteiger partial charge in [-0.05, 0) is 46.5 Å². The van der Waals surface area contributed by atoms with E-state index in [2.05, 4.69) is 10.6 Å². The molecule has 0 radical (unpaired) electrons. The number of alkyl halides is 2. The van der Waals surface area contributed by atoms with Gasteiger partial charge >= 0.3 is 12.2 Å². The molecule has 0 aromatic heterocycles. The molecule has 6 amide bonds. The van der Waals surface area contributed by atoms with Crippen LogP contribution in [0.2, 0.25) is 0 Å². The minimum Gasteiger partial charge on any atom is -0.465 e. The maximum atomic E-state index is 15.0. The highest BCUT2D eigenvalue weighted by Crippen LogP contribution is 2.39. The summed E-state index contributed by atoms with van der Waals surface area (Å²) in [7, 11) is 0. The fraction of sp³-hybridized carbons (Fsp3) is 0.455. The summed E-state index contributed by atoms with van der Waals surface area (Å²) in [5.41, 5.74) is 11.9. The van der Waals surface area contributed by atoms with Crippen molar-refractivity contribution in [1.29, 1.82) is 0 Å². The van der Waals surface area contributed by atoms with Crippen molar-refractivity contribution in [3.63, 3.8) is 0 Å². The van der Waals surface area contributed by atoms with E-state index in [0.29, 0.717) is 29.9 Å². The van der Waals surface area contributed by atoms with Crippen LogP contribution in [0.4, 0.5) is 28.4 Å². The van der Waals surface area contributed by atoms with E-state index in [0.717, 1.165) is 11.1 Å². The monoisotopic (exact) mass is 865 g/mol. The molecule has 62 heavy (non-hydrogen) atoms. The Hall–Kier alpha value is -6.33. The van der Waals surface area contributed by atoms with E-state index >= 15 is 8.78 Å². The minimum absolute atomic E-state index is 0.0231. The number of halogens is 3. The molecule has 18 heteroatoms. The van der Waals surface area contributed by atoms with Crippen LogP contribution in [0.3, 0.4) is 0 Å². The van der Waals surface area contributed by atoms with Gasteiger partial charge < -0.3 is 47.0 Å². The molecule has 334 valence electrons. The van der Waals surface area contributed by atoms with Crippen LogP contribution in [0.1, 0.15) is 87.7 Å². The third-order valence-corrected chi connectivity index (χ3v) is 11.6. The van der Waals surface area contributed by atoms with Gasteiger partial charge in [-0.1, -0.05) is 76.2 Å². The van der Waals surface area contributed by atoms with Crippen LogP contribution < -0.4 is 27.0 Å². The van der Waals surface area contributed by atoms with E-state index in [1.807, 2.05) is 29.2 Å². The second-order valence-electron chi connectivity index (χ2n) is 17.5. The van der Waals surface area contributed by atoms with Crippen LogP contribution in [0, 0.1) is 16.6 Å². The highest BCUT2D eigenvalue weighted by Gasteiger charge is 2.47. The van der Waals surface area contributed by atoms with Crippen molar-refractivity contribution < 1.29 is 52.2 Å². The molecule has 3 aromatic rings. The molecule has 0 spiro atoms. The maximum Gasteiger partial charge on any atom is 0.405 e. The van der Waals surface area contributed by atoms with Crippen LogP contribution in [-0.4, -0.2) is 93.3 Å². The Morgan fingerprint density at radius 1 is 0.661 bits per heavy atom. The first kappa shape index (κ1) is 46.7. The molecule has 2 aliphatic rings. The SMILES string of the molecule is CC(C)(CC(N)=O)[C@H](NC(=O)O)C(=O)N1C[C@H](F)C[C@H]1c1ccc(CN(Cc2ccc([C@@H]3C[C@@H](F)CN3C(=O)[C@@H](NC(=O)O)C(C)(C)CC(N)=O)cc2)c2ccc(F)cc2)cc1. The topological polar surface area (TPSA) is 229 Å². The van der Waals surface area contributed by atoms with Crippen molar-refractivity contribution in [3.8, 4) is 0 Å². The Bertz CT molecular complexity index is 1990. The number of carbonyl (C=O) groups excluding carboxylic acids is 4. The van der Waals surface area contributed by atoms with Gasteiger partial charge in [-0.15, -0.1) is 0 Å². The summed E-state index contributed by atoms with van der Waals surface area (Å²) < 4.78 is 44.1. The van der Waals surface area contributed by atoms with Crippen LogP contribution in [0.15, 0.2) is 72.8 Å². The number of nitrogens with two attached hydrogens (primary N) is 2. The number of likely N-dealkylation sites (tertiary alicyclic amines) is 2. The number of hydrogen-bond acceptors (Lipinski definition) is 7. The molecule has 6 atom stereocenters. The Labute approximate surface area is 357 Å². The van der Waals surface area contributed by atoms with Crippen LogP contribution in [-0.2, 0) is 32.3 Å². The lowest BCUT2D eigenvalue weighted by Crippen LogP contribution is -2.56. The van der Waals surface area contributed by atoms with E-state index in [-0.39, 0.29) is 38.8 Å². The minimum atomic E-state index is -1.48. The smallest absolute Gasteiger partial charge is 0.405 e. The predicted octanol–water partition coefficient (Wildman–Crippen LogP) is 5.33. The largest absolute Gasteiger partial charge is 0.465 e. The van der Waals surface area contributed by atoms with E-state index in [1.165, 1.54) is 49.6 Å². The number of nitrogens with zero attached hydrogens (tertiary/aromatic N) is 3. The summed E-state index contributed by atoms with van der Waals surface area (Å²) >= 11 is 0. The molecule has 2 heterocycles. The lowest BCUT2D eigenvalue weighted by atomic mass is 9.80. The summed E-state index contributed by atoms with van der Waals surface area (Å²) in [4.78, 5) is 79.3. The third kappa shape index (κ3) is 11.5. The highest BCUT2D eigenvalue weighted by molar-refractivity contribution is 5.89. The molecular formula is C44H54F3N7O8. The van der Waals surface area contributed by atoms with Gasteiger partial charge in [-0.3, -0.25) is 19.2 Å². The molecule has 0 aliphatic carbocycles. The molecule has 0 unspecified atom stereocenters. The number of primary amides is 2. The van der Waals surface area contributed by atoms with Gasteiger partial charge in [0.05, 0.1) is 25.2 Å². The Morgan fingerprint density at radius 2 is 1.02 bits per heavy atom. The molecule has 2 fully saturated rings. The van der Waals surface area contributed by atoms with Gasteiger partial charge in [0, 0.05) is 55.3 Å². The zero-order chi connectivity index (χ0) is 45.7. The van der Waals surface area contributed by atoms with E-state index in [1.54, 1.807) is 36.4 Å². The Kier molecular flexibility index (Phi) is 14.4. The van der Waals surface area contributed by atoms with Crippen LogP contribution in [0.25, 0.3) is 0 Å². The van der Waals surface area contributed by atoms with Gasteiger partial charge in [-0.2, -0.15) is 0 Å². The van der Waals surface area contributed by atoms with E-state index in [4.69, 9.17) is 11.5 Å². The summed E-state index contributed by atoms with van der Waals surface area (Å²) in [6.45, 7) is 6.25. The quantitative estimate of drug-likeness (QED) is 0.103. The number of hydrogen-bond donors (Lipinski definition) is 6. The van der Waals surface area contributed by atoms with Crippen molar-refractivity contribution >= 4 is 41.5 Å². The Balaban J connectivity index is 1.35. The van der Waals surface area contributed by atoms with Gasteiger partial charge in [0.2, 0.25) is 23.6 Å². The fourth-order valence-electron chi connectivity index (χ4n) is 8.57. The molecule has 8 N–H and O–H groups in total. The van der Waals surface area contributed by atoms with Crippen LogP contribution >= 0.6 is 0 Å². The summed E-state index contributed by atoms with van der Waals surface area (Å²) in [6.07, 6.45) is -6.35. The molecule has 15 nitrogen and oxygen atoms in total. The summed E-state index contributed by atoms with van der Waals surface area (Å²) in [5, 5.41) is 23.5. The number of nitrogens with one attached hydrogen (secondary N) is 2. The van der Waals surface area contributed by atoms with E-state index < -0.39 is 89.0 Å². The first-order valence-electron chi connectivity index (χ1n) is 20.2. The first-order valence-corrected chi connectivity index (χ1v) is 20.2. The maximum absolute atomic E-state index is 15.0. The second-order valence-corrected chi connectivity index (χ2v) is 17.5. The zero-order valence-electron chi connectivity index (χ0n) is 35.0. The van der Waals surface area contributed by atoms with Gasteiger partial charge in [0.1, 0.15) is 30.2 Å². The van der Waals surface area contributed by atoms with Crippen molar-refractivity contribution in [2.75, 3.05) is 18.0 Å². The van der Waals surface area contributed by atoms with Crippen molar-refractivity contribution in [1.82, 2.24) is 20.4 Å². The van der Waals surface area contributed by atoms with Gasteiger partial charge in [0.15, 0.2) is 0 Å². The molecule has 5 rings (SSSR count). The van der Waals surface area contributed by atoms with E-state index in [9.17, 15) is 43.4 Å². The first-order chi connectivity index (χ1) is 29.0. The zero-order valence-corrected chi connectivity index (χ0v) is 35.0. The molecule has 0 bridgehead atoms. The molecule has 3 aromatic carbocycles. The lowest BCUT2D eigenvalue weighted by molar-refractivity contribution is -0.139. The predicted molar refractivity (Wildman–Crippen MR) is 222 cm³/mol. The number of benzene rings is 3. The number of rotatable bonds is 17. The lowest BCUT2D eigenvalue weighted by Gasteiger charge is -2.36. The molecular weight excluding hydrogens is 812 g/mol. The van der Waals surface area contributed by atoms with Crippen molar-refractivity contribution in [2.45, 2.75) is 103 Å². The molecule has 2 saturated heterocycles. The van der Waals surface area contributed by atoms with Crippen LogP contribution in [0.5, 0.6) is 0 Å². The summed E-state index contributed by atoms with van der Waals surface area (Å²) in [5.74, 6) is -3.24. The molecule has 2 aliphatic heterocycles. The average Bonchev–Trinajstić information content (AvgIpc) is 3.77. The number of anilines is 1. The average molecular weight is 866 g/mol. The standard InChI is InChI=1S/C44H54F3N7O8/c1-43(2,19-35(48)55)37(50-41(59)60)39(57)53-23-30(46)17-33(53)27-9-5-25(6-10-27)21-52(32-15-13-29(45)14-16-32)22-26-7-11-28(12-8-26)34-18-31(47)24-54(34)40(58)38(51-42(61)62)44(3,4)20-36(49)56/h5-16,30-31,33-34,37-38,50-51H,17-24H2,1-4H3,(H2,48,55)(H2,49,56)(H,59,60)(H,61,62)/t30-,31-,33+,34+,37-,38-/m1/s1. The third-order valence-electron chi connectivity index (χ3n) is 11.6. The highest BCUT2D eigenvalue weighted by atomic mass is 19.1. The van der Waals surface area contributed by atoms with Crippen molar-refractivity contribution in [2.24, 2.45) is 22.3 Å². The number of amides is 6. The normalized spacial score (nSPS) is 20.0. The number of carboxylic acid groups (broad SMARTS) is 2. The number of carbonyl (C=O) groups is 6. The molecule has 0 saturated carbocycles. The van der Waals surface area contributed by atoms with Gasteiger partial charge in [0.25, 0.3) is 0 Å². The Morgan fingerprint density at radius 3 is 1.34 bits per heavy atom. The second kappa shape index (κ2) is 19.2. The summed E-state index contributed by atoms with van der Waals surface area (Å²) in [6, 6.07) is 16.1. The van der Waals surface area contributed by atoms with Gasteiger partial charge in [-0.25, -0.2) is 22.8 Å². The fourth-order valence-corrected chi connectivity index (χ4v) is 8.57. The van der Waals surface area contributed by atoms with Crippen molar-refractivity contribution in [3.05, 3.63) is 101 Å².